The van der Waals surface area contributed by atoms with E-state index < -0.39 is 0 Å². The van der Waals surface area contributed by atoms with Crippen LogP contribution in [0.2, 0.25) is 0 Å². The molecule has 1 saturated heterocycles. The predicted octanol–water partition coefficient (Wildman–Crippen LogP) is 3.28. The van der Waals surface area contributed by atoms with Gasteiger partial charge in [0, 0.05) is 18.1 Å². The van der Waals surface area contributed by atoms with Crippen LogP contribution in [-0.2, 0) is 0 Å². The molecule has 1 heterocycles. The Balaban J connectivity index is 2.41. The average molecular weight is 240 g/mol. The SMILES string of the molecule is CCCC(CNC(C)(C)C)N1CCC(C)CC1. The molecule has 1 aliphatic rings. The lowest BCUT2D eigenvalue weighted by atomic mass is 9.96. The molecule has 0 aromatic heterocycles. The van der Waals surface area contributed by atoms with Crippen molar-refractivity contribution in [3.05, 3.63) is 0 Å². The summed E-state index contributed by atoms with van der Waals surface area (Å²) in [6.45, 7) is 15.2. The second-order valence-electron chi connectivity index (χ2n) is 6.79. The molecule has 0 aromatic rings. The van der Waals surface area contributed by atoms with Crippen LogP contribution in [0.5, 0.6) is 0 Å². The Bertz CT molecular complexity index is 199. The van der Waals surface area contributed by atoms with E-state index in [2.05, 4.69) is 44.8 Å². The molecule has 0 radical (unpaired) electrons. The van der Waals surface area contributed by atoms with Gasteiger partial charge in [-0.05, 0) is 59.0 Å². The fourth-order valence-corrected chi connectivity index (χ4v) is 2.56. The van der Waals surface area contributed by atoms with Crippen LogP contribution in [0.15, 0.2) is 0 Å². The van der Waals surface area contributed by atoms with Gasteiger partial charge in [-0.25, -0.2) is 0 Å². The highest BCUT2D eigenvalue weighted by Crippen LogP contribution is 2.20. The van der Waals surface area contributed by atoms with Crippen molar-refractivity contribution >= 4 is 0 Å². The van der Waals surface area contributed by atoms with Gasteiger partial charge in [0.2, 0.25) is 0 Å². The Morgan fingerprint density at radius 3 is 2.29 bits per heavy atom. The van der Waals surface area contributed by atoms with Crippen molar-refractivity contribution in [2.45, 2.75) is 71.9 Å². The minimum atomic E-state index is 0.245. The van der Waals surface area contributed by atoms with E-state index in [9.17, 15) is 0 Å². The first-order valence-electron chi connectivity index (χ1n) is 7.41. The van der Waals surface area contributed by atoms with Crippen molar-refractivity contribution in [1.82, 2.24) is 10.2 Å². The summed E-state index contributed by atoms with van der Waals surface area (Å²) < 4.78 is 0. The lowest BCUT2D eigenvalue weighted by Gasteiger charge is -2.38. The molecule has 2 heteroatoms. The van der Waals surface area contributed by atoms with E-state index in [-0.39, 0.29) is 5.54 Å². The first-order valence-corrected chi connectivity index (χ1v) is 7.41. The minimum Gasteiger partial charge on any atom is -0.311 e. The summed E-state index contributed by atoms with van der Waals surface area (Å²) in [4.78, 5) is 2.71. The molecule has 1 aliphatic heterocycles. The van der Waals surface area contributed by atoms with Crippen LogP contribution >= 0.6 is 0 Å². The summed E-state index contributed by atoms with van der Waals surface area (Å²) in [5.74, 6) is 0.934. The molecule has 0 amide bonds. The third kappa shape index (κ3) is 5.87. The smallest absolute Gasteiger partial charge is 0.0220 e. The van der Waals surface area contributed by atoms with E-state index in [1.54, 1.807) is 0 Å². The maximum Gasteiger partial charge on any atom is 0.0220 e. The molecule has 1 N–H and O–H groups in total. The molecule has 1 atom stereocenters. The van der Waals surface area contributed by atoms with Crippen molar-refractivity contribution < 1.29 is 0 Å². The maximum atomic E-state index is 3.67. The van der Waals surface area contributed by atoms with Crippen LogP contribution in [-0.4, -0.2) is 36.1 Å². The number of rotatable bonds is 5. The molecule has 0 spiro atoms. The van der Waals surface area contributed by atoms with E-state index in [1.807, 2.05) is 0 Å². The number of piperidine rings is 1. The standard InChI is InChI=1S/C15H32N2/c1-6-7-14(12-16-15(3,4)5)17-10-8-13(2)9-11-17/h13-14,16H,6-12H2,1-5H3. The average Bonchev–Trinajstić information content (AvgIpc) is 2.24. The molecule has 1 fully saturated rings. The fraction of sp³-hybridized carbons (Fsp3) is 1.00. The van der Waals surface area contributed by atoms with E-state index in [4.69, 9.17) is 0 Å². The minimum absolute atomic E-state index is 0.245. The first-order chi connectivity index (χ1) is 7.92. The fourth-order valence-electron chi connectivity index (χ4n) is 2.56. The molecular weight excluding hydrogens is 208 g/mol. The molecule has 17 heavy (non-hydrogen) atoms. The Hall–Kier alpha value is -0.0800. The number of likely N-dealkylation sites (tertiary alicyclic amines) is 1. The zero-order valence-electron chi connectivity index (χ0n) is 12.6. The van der Waals surface area contributed by atoms with Crippen molar-refractivity contribution in [3.63, 3.8) is 0 Å². The Labute approximate surface area is 108 Å². The largest absolute Gasteiger partial charge is 0.311 e. The third-order valence-corrected chi connectivity index (χ3v) is 3.82. The molecule has 1 rings (SSSR count). The van der Waals surface area contributed by atoms with Gasteiger partial charge in [-0.15, -0.1) is 0 Å². The Kier molecular flexibility index (Phi) is 5.94. The van der Waals surface area contributed by atoms with Gasteiger partial charge < -0.3 is 5.32 Å². The predicted molar refractivity (Wildman–Crippen MR) is 76.4 cm³/mol. The van der Waals surface area contributed by atoms with Gasteiger partial charge in [-0.1, -0.05) is 20.3 Å². The van der Waals surface area contributed by atoms with Crippen molar-refractivity contribution in [2.75, 3.05) is 19.6 Å². The third-order valence-electron chi connectivity index (χ3n) is 3.82. The van der Waals surface area contributed by atoms with Crippen LogP contribution in [0.1, 0.15) is 60.3 Å². The number of hydrogen-bond donors (Lipinski definition) is 1. The molecule has 0 saturated carbocycles. The number of nitrogens with zero attached hydrogens (tertiary/aromatic N) is 1. The van der Waals surface area contributed by atoms with Gasteiger partial charge in [-0.2, -0.15) is 0 Å². The second kappa shape index (κ2) is 6.75. The molecule has 0 bridgehead atoms. The lowest BCUT2D eigenvalue weighted by Crippen LogP contribution is -2.49. The Morgan fingerprint density at radius 2 is 1.82 bits per heavy atom. The molecule has 1 unspecified atom stereocenters. The van der Waals surface area contributed by atoms with Gasteiger partial charge in [0.25, 0.3) is 0 Å². The van der Waals surface area contributed by atoms with Gasteiger partial charge in [0.15, 0.2) is 0 Å². The molecular formula is C15H32N2. The normalized spacial score (nSPS) is 21.7. The zero-order chi connectivity index (χ0) is 12.9. The van der Waals surface area contributed by atoms with Gasteiger partial charge in [0.1, 0.15) is 0 Å². The number of nitrogens with one attached hydrogen (secondary N) is 1. The zero-order valence-corrected chi connectivity index (χ0v) is 12.6. The van der Waals surface area contributed by atoms with E-state index in [0.29, 0.717) is 0 Å². The molecule has 2 nitrogen and oxygen atoms in total. The second-order valence-corrected chi connectivity index (χ2v) is 6.79. The van der Waals surface area contributed by atoms with Crippen LogP contribution in [0.3, 0.4) is 0 Å². The lowest BCUT2D eigenvalue weighted by molar-refractivity contribution is 0.124. The van der Waals surface area contributed by atoms with Crippen LogP contribution in [0, 0.1) is 5.92 Å². The molecule has 0 aromatic carbocycles. The summed E-state index contributed by atoms with van der Waals surface area (Å²) >= 11 is 0. The summed E-state index contributed by atoms with van der Waals surface area (Å²) in [7, 11) is 0. The summed E-state index contributed by atoms with van der Waals surface area (Å²) in [6.07, 6.45) is 5.39. The molecule has 0 aliphatic carbocycles. The highest BCUT2D eigenvalue weighted by molar-refractivity contribution is 4.81. The summed E-state index contributed by atoms with van der Waals surface area (Å²) in [6, 6.07) is 0.742. The van der Waals surface area contributed by atoms with Crippen LogP contribution in [0.25, 0.3) is 0 Å². The first kappa shape index (κ1) is 15.0. The number of hydrogen-bond acceptors (Lipinski definition) is 2. The van der Waals surface area contributed by atoms with Gasteiger partial charge in [-0.3, -0.25) is 4.90 Å². The quantitative estimate of drug-likeness (QED) is 0.793. The molecule has 102 valence electrons. The maximum absolute atomic E-state index is 3.67. The topological polar surface area (TPSA) is 15.3 Å². The van der Waals surface area contributed by atoms with Crippen LogP contribution in [0.4, 0.5) is 0 Å². The van der Waals surface area contributed by atoms with Crippen molar-refractivity contribution in [1.29, 1.82) is 0 Å². The highest BCUT2D eigenvalue weighted by atomic mass is 15.2. The van der Waals surface area contributed by atoms with Gasteiger partial charge in [0.05, 0.1) is 0 Å². The van der Waals surface area contributed by atoms with E-state index >= 15 is 0 Å². The highest BCUT2D eigenvalue weighted by Gasteiger charge is 2.23. The van der Waals surface area contributed by atoms with E-state index in [1.165, 1.54) is 38.8 Å². The summed E-state index contributed by atoms with van der Waals surface area (Å²) in [5.41, 5.74) is 0.245. The Morgan fingerprint density at radius 1 is 1.24 bits per heavy atom. The van der Waals surface area contributed by atoms with Crippen molar-refractivity contribution in [3.8, 4) is 0 Å². The monoisotopic (exact) mass is 240 g/mol. The van der Waals surface area contributed by atoms with Crippen molar-refractivity contribution in [2.24, 2.45) is 5.92 Å². The van der Waals surface area contributed by atoms with E-state index in [0.717, 1.165) is 18.5 Å². The van der Waals surface area contributed by atoms with Crippen LogP contribution < -0.4 is 5.32 Å². The van der Waals surface area contributed by atoms with Gasteiger partial charge >= 0.3 is 0 Å². The summed E-state index contributed by atoms with van der Waals surface area (Å²) in [5, 5.41) is 3.67.